The molecule has 1 aliphatic rings. The lowest BCUT2D eigenvalue weighted by molar-refractivity contribution is -0.138. The van der Waals surface area contributed by atoms with Crippen molar-refractivity contribution in [3.05, 3.63) is 51.2 Å². The number of thiophene rings is 1. The van der Waals surface area contributed by atoms with Crippen LogP contribution in [0.4, 0.5) is 5.69 Å². The minimum atomic E-state index is -0.193. The number of nitrogens with zero attached hydrogens (tertiary/aromatic N) is 1. The number of anilines is 1. The van der Waals surface area contributed by atoms with E-state index in [0.29, 0.717) is 35.2 Å². The van der Waals surface area contributed by atoms with Gasteiger partial charge in [-0.15, -0.1) is 11.3 Å². The number of amides is 2. The van der Waals surface area contributed by atoms with Gasteiger partial charge in [-0.05, 0) is 60.0 Å². The van der Waals surface area contributed by atoms with E-state index in [2.05, 4.69) is 19.2 Å². The second kappa shape index (κ2) is 10.6. The van der Waals surface area contributed by atoms with Gasteiger partial charge in [-0.3, -0.25) is 9.59 Å². The van der Waals surface area contributed by atoms with E-state index >= 15 is 0 Å². The first-order chi connectivity index (χ1) is 14.8. The molecule has 2 amide bonds. The highest BCUT2D eigenvalue weighted by atomic mass is 35.5. The fourth-order valence-corrected chi connectivity index (χ4v) is 4.78. The number of halogens is 1. The summed E-state index contributed by atoms with van der Waals surface area (Å²) in [6.07, 6.45) is 5.31. The SMILES string of the molecule is CC(C)(CN)CN(Cc1cc(NC(=O)c2cccs2)ccc1Cl)C(=O)C1CCCCC1. The van der Waals surface area contributed by atoms with Gasteiger partial charge in [0, 0.05) is 29.7 Å². The molecule has 1 fully saturated rings. The van der Waals surface area contributed by atoms with Crippen LogP contribution in [0.15, 0.2) is 35.7 Å². The minimum absolute atomic E-state index is 0.0721. The van der Waals surface area contributed by atoms with Crippen LogP contribution in [-0.4, -0.2) is 29.8 Å². The second-order valence-corrected chi connectivity index (χ2v) is 10.5. The fourth-order valence-electron chi connectivity index (χ4n) is 3.98. The number of hydrogen-bond donors (Lipinski definition) is 2. The van der Waals surface area contributed by atoms with Gasteiger partial charge in [-0.25, -0.2) is 0 Å². The first kappa shape index (κ1) is 23.8. The molecule has 0 unspecified atom stereocenters. The Hall–Kier alpha value is -1.89. The molecule has 3 rings (SSSR count). The molecule has 1 aromatic heterocycles. The monoisotopic (exact) mass is 461 g/mol. The Morgan fingerprint density at radius 1 is 1.23 bits per heavy atom. The van der Waals surface area contributed by atoms with Gasteiger partial charge in [0.2, 0.25) is 5.91 Å². The summed E-state index contributed by atoms with van der Waals surface area (Å²) in [5.74, 6) is 0.107. The molecule has 168 valence electrons. The lowest BCUT2D eigenvalue weighted by Crippen LogP contribution is -2.44. The maximum absolute atomic E-state index is 13.4. The van der Waals surface area contributed by atoms with Crippen LogP contribution in [0, 0.1) is 11.3 Å². The Morgan fingerprint density at radius 2 is 1.97 bits per heavy atom. The summed E-state index contributed by atoms with van der Waals surface area (Å²) >= 11 is 7.89. The zero-order valence-corrected chi connectivity index (χ0v) is 19.9. The third-order valence-electron chi connectivity index (χ3n) is 5.85. The number of rotatable bonds is 8. The van der Waals surface area contributed by atoms with Gasteiger partial charge in [-0.1, -0.05) is 50.8 Å². The first-order valence-corrected chi connectivity index (χ1v) is 12.2. The summed E-state index contributed by atoms with van der Waals surface area (Å²) in [5, 5.41) is 5.38. The van der Waals surface area contributed by atoms with Gasteiger partial charge in [0.15, 0.2) is 0 Å². The third kappa shape index (κ3) is 6.55. The highest BCUT2D eigenvalue weighted by Crippen LogP contribution is 2.30. The molecule has 0 saturated heterocycles. The molecule has 0 spiro atoms. The van der Waals surface area contributed by atoms with Gasteiger partial charge in [-0.2, -0.15) is 0 Å². The van der Waals surface area contributed by atoms with Crippen LogP contribution in [0.5, 0.6) is 0 Å². The van der Waals surface area contributed by atoms with Crippen LogP contribution in [0.3, 0.4) is 0 Å². The van der Waals surface area contributed by atoms with Crippen molar-refractivity contribution < 1.29 is 9.59 Å². The standard InChI is InChI=1S/C24H32ClN3O2S/c1-24(2,15-26)16-28(23(30)17-7-4-3-5-8-17)14-18-13-19(10-11-20(18)25)27-22(29)21-9-6-12-31-21/h6,9-13,17H,3-5,7-8,14-16,26H2,1-2H3,(H,27,29). The molecule has 3 N–H and O–H groups in total. The average Bonchev–Trinajstić information content (AvgIpc) is 3.31. The summed E-state index contributed by atoms with van der Waals surface area (Å²) in [4.78, 5) is 28.4. The first-order valence-electron chi connectivity index (χ1n) is 10.9. The van der Waals surface area contributed by atoms with Gasteiger partial charge >= 0.3 is 0 Å². The third-order valence-corrected chi connectivity index (χ3v) is 7.08. The Morgan fingerprint density at radius 3 is 2.61 bits per heavy atom. The molecule has 0 bridgehead atoms. The molecule has 1 saturated carbocycles. The van der Waals surface area contributed by atoms with Crippen LogP contribution >= 0.6 is 22.9 Å². The van der Waals surface area contributed by atoms with E-state index < -0.39 is 0 Å². The lowest BCUT2D eigenvalue weighted by Gasteiger charge is -2.35. The van der Waals surface area contributed by atoms with E-state index in [1.807, 2.05) is 22.4 Å². The molecular weight excluding hydrogens is 430 g/mol. The number of carbonyl (C=O) groups is 2. The van der Waals surface area contributed by atoms with Crippen molar-refractivity contribution in [3.8, 4) is 0 Å². The van der Waals surface area contributed by atoms with Crippen molar-refractivity contribution in [1.29, 1.82) is 0 Å². The molecule has 5 nitrogen and oxygen atoms in total. The van der Waals surface area contributed by atoms with E-state index in [1.165, 1.54) is 17.8 Å². The topological polar surface area (TPSA) is 75.4 Å². The molecule has 1 aliphatic carbocycles. The van der Waals surface area contributed by atoms with Crippen LogP contribution in [0.2, 0.25) is 5.02 Å². The average molecular weight is 462 g/mol. The Labute approximate surface area is 194 Å². The van der Waals surface area contributed by atoms with Gasteiger partial charge < -0.3 is 16.0 Å². The predicted molar refractivity (Wildman–Crippen MR) is 129 cm³/mol. The second-order valence-electron chi connectivity index (χ2n) is 9.14. The number of nitrogens with one attached hydrogen (secondary N) is 1. The minimum Gasteiger partial charge on any atom is -0.337 e. The quantitative estimate of drug-likeness (QED) is 0.541. The van der Waals surface area contributed by atoms with Crippen LogP contribution < -0.4 is 11.1 Å². The van der Waals surface area contributed by atoms with Gasteiger partial charge in [0.05, 0.1) is 4.88 Å². The van der Waals surface area contributed by atoms with Crippen molar-refractivity contribution in [2.24, 2.45) is 17.1 Å². The summed E-state index contributed by atoms with van der Waals surface area (Å²) in [5.41, 5.74) is 7.27. The smallest absolute Gasteiger partial charge is 0.265 e. The van der Waals surface area contributed by atoms with E-state index in [4.69, 9.17) is 17.3 Å². The van der Waals surface area contributed by atoms with Crippen molar-refractivity contribution in [3.63, 3.8) is 0 Å². The summed E-state index contributed by atoms with van der Waals surface area (Å²) in [7, 11) is 0. The normalized spacial score (nSPS) is 15.0. The Balaban J connectivity index is 1.80. The highest BCUT2D eigenvalue weighted by Gasteiger charge is 2.30. The number of benzene rings is 1. The fraction of sp³-hybridized carbons (Fsp3) is 0.500. The van der Waals surface area contributed by atoms with E-state index in [9.17, 15) is 9.59 Å². The van der Waals surface area contributed by atoms with Crippen LogP contribution in [0.1, 0.15) is 61.2 Å². The van der Waals surface area contributed by atoms with Crippen molar-refractivity contribution in [1.82, 2.24) is 4.90 Å². The molecule has 0 atom stereocenters. The van der Waals surface area contributed by atoms with Crippen molar-refractivity contribution in [2.45, 2.75) is 52.5 Å². The predicted octanol–water partition coefficient (Wildman–Crippen LogP) is 5.55. The van der Waals surface area contributed by atoms with E-state index in [0.717, 1.165) is 31.2 Å². The van der Waals surface area contributed by atoms with Gasteiger partial charge in [0.25, 0.3) is 5.91 Å². The Kier molecular flexibility index (Phi) is 8.14. The zero-order valence-electron chi connectivity index (χ0n) is 18.3. The number of nitrogens with two attached hydrogens (primary N) is 1. The van der Waals surface area contributed by atoms with E-state index in [1.54, 1.807) is 18.2 Å². The molecule has 1 heterocycles. The molecule has 1 aromatic carbocycles. The number of carbonyl (C=O) groups excluding carboxylic acids is 2. The Bertz CT molecular complexity index is 892. The summed E-state index contributed by atoms with van der Waals surface area (Å²) < 4.78 is 0. The van der Waals surface area contributed by atoms with Crippen LogP contribution in [-0.2, 0) is 11.3 Å². The maximum Gasteiger partial charge on any atom is 0.265 e. The molecule has 0 aliphatic heterocycles. The van der Waals surface area contributed by atoms with Crippen LogP contribution in [0.25, 0.3) is 0 Å². The van der Waals surface area contributed by atoms with Crippen molar-refractivity contribution >= 4 is 40.4 Å². The highest BCUT2D eigenvalue weighted by molar-refractivity contribution is 7.12. The molecule has 2 aromatic rings. The molecule has 7 heteroatoms. The summed E-state index contributed by atoms with van der Waals surface area (Å²) in [6.45, 7) is 5.62. The largest absolute Gasteiger partial charge is 0.337 e. The maximum atomic E-state index is 13.4. The lowest BCUT2D eigenvalue weighted by atomic mass is 9.86. The summed E-state index contributed by atoms with van der Waals surface area (Å²) in [6, 6.07) is 9.06. The van der Waals surface area contributed by atoms with E-state index in [-0.39, 0.29) is 23.1 Å². The molecule has 0 radical (unpaired) electrons. The molecular formula is C24H32ClN3O2S. The van der Waals surface area contributed by atoms with Gasteiger partial charge in [0.1, 0.15) is 0 Å². The zero-order chi connectivity index (χ0) is 22.4. The number of hydrogen-bond acceptors (Lipinski definition) is 4. The van der Waals surface area contributed by atoms with Crippen molar-refractivity contribution in [2.75, 3.05) is 18.4 Å². The molecule has 31 heavy (non-hydrogen) atoms.